The van der Waals surface area contributed by atoms with Crippen LogP contribution >= 0.6 is 0 Å². The van der Waals surface area contributed by atoms with Crippen molar-refractivity contribution in [2.24, 2.45) is 0 Å². The van der Waals surface area contributed by atoms with Crippen LogP contribution in [0.5, 0.6) is 0 Å². The maximum Gasteiger partial charge on any atom is 0.333 e. The quantitative estimate of drug-likeness (QED) is 0.673. The molecule has 0 radical (unpaired) electrons. The van der Waals surface area contributed by atoms with Crippen molar-refractivity contribution in [1.29, 1.82) is 0 Å². The van der Waals surface area contributed by atoms with Crippen molar-refractivity contribution in [2.45, 2.75) is 13.1 Å². The number of hydrogen-bond donors (Lipinski definition) is 1. The summed E-state index contributed by atoms with van der Waals surface area (Å²) in [6.45, 7) is 0.634. The van der Waals surface area contributed by atoms with E-state index in [1.54, 1.807) is 0 Å². The lowest BCUT2D eigenvalue weighted by atomic mass is 10.1. The predicted molar refractivity (Wildman–Crippen MR) is 91.9 cm³/mol. The Balaban J connectivity index is 2.03. The van der Waals surface area contributed by atoms with Crippen molar-refractivity contribution in [2.75, 3.05) is 0 Å². The zero-order valence-corrected chi connectivity index (χ0v) is 13.9. The molecule has 0 saturated heterocycles. The molecular formula is C18H14F3N5O. The zero-order valence-electron chi connectivity index (χ0n) is 13.9. The van der Waals surface area contributed by atoms with Crippen molar-refractivity contribution in [1.82, 2.24) is 25.1 Å². The van der Waals surface area contributed by atoms with E-state index in [1.165, 1.54) is 36.5 Å². The highest BCUT2D eigenvalue weighted by Gasteiger charge is 2.16. The first-order valence-corrected chi connectivity index (χ1v) is 7.83. The molecule has 0 unspecified atom stereocenters. The van der Waals surface area contributed by atoms with Gasteiger partial charge in [-0.1, -0.05) is 6.58 Å². The number of carbonyl (C=O) groups is 1. The number of rotatable bonds is 6. The molecule has 138 valence electrons. The highest BCUT2D eigenvalue weighted by molar-refractivity contribution is 5.86. The number of nitrogens with one attached hydrogen (secondary N) is 1. The van der Waals surface area contributed by atoms with Crippen LogP contribution in [0.15, 0.2) is 55.4 Å². The van der Waals surface area contributed by atoms with Crippen LogP contribution in [0.4, 0.5) is 13.2 Å². The minimum atomic E-state index is -2.79. The van der Waals surface area contributed by atoms with Gasteiger partial charge in [0.2, 0.25) is 5.91 Å². The van der Waals surface area contributed by atoms with E-state index in [0.717, 1.165) is 12.3 Å². The van der Waals surface area contributed by atoms with Gasteiger partial charge in [0.15, 0.2) is 5.82 Å². The first kappa shape index (κ1) is 18.3. The van der Waals surface area contributed by atoms with Gasteiger partial charge in [-0.2, -0.15) is 13.9 Å². The molecule has 1 amide bonds. The summed E-state index contributed by atoms with van der Waals surface area (Å²) >= 11 is 0. The van der Waals surface area contributed by atoms with Crippen LogP contribution in [-0.2, 0) is 11.3 Å². The summed E-state index contributed by atoms with van der Waals surface area (Å²) in [5, 5.41) is 6.41. The molecule has 2 heterocycles. The molecule has 9 heteroatoms. The van der Waals surface area contributed by atoms with E-state index in [-0.39, 0.29) is 23.8 Å². The van der Waals surface area contributed by atoms with Gasteiger partial charge in [-0.15, -0.1) is 0 Å². The standard InChI is InChI=1S/C18H14F3N5O/c1-2-15(27)22-9-12-10-23-17(11-3-5-13(19)6-4-11)24-16(12)14-7-8-26(25-14)18(20)21/h2-8,10,18H,1,9H2,(H,22,27). The highest BCUT2D eigenvalue weighted by Crippen LogP contribution is 2.24. The second-order valence-corrected chi connectivity index (χ2v) is 5.45. The Morgan fingerprint density at radius 1 is 1.26 bits per heavy atom. The SMILES string of the molecule is C=CC(=O)NCc1cnc(-c2ccc(F)cc2)nc1-c1ccn(C(F)F)n1. The van der Waals surface area contributed by atoms with Gasteiger partial charge in [0.05, 0.1) is 5.69 Å². The average molecular weight is 373 g/mol. The van der Waals surface area contributed by atoms with Gasteiger partial charge in [-0.25, -0.2) is 19.0 Å². The Labute approximate surface area is 152 Å². The predicted octanol–water partition coefficient (Wildman–Crippen LogP) is 3.34. The molecule has 0 aliphatic rings. The van der Waals surface area contributed by atoms with Crippen LogP contribution in [-0.4, -0.2) is 25.7 Å². The Morgan fingerprint density at radius 2 is 2.00 bits per heavy atom. The molecule has 27 heavy (non-hydrogen) atoms. The Morgan fingerprint density at radius 3 is 2.63 bits per heavy atom. The van der Waals surface area contributed by atoms with Gasteiger partial charge in [0, 0.05) is 30.1 Å². The summed E-state index contributed by atoms with van der Waals surface area (Å²) in [7, 11) is 0. The van der Waals surface area contributed by atoms with Gasteiger partial charge < -0.3 is 5.32 Å². The van der Waals surface area contributed by atoms with Gasteiger partial charge in [-0.3, -0.25) is 4.79 Å². The lowest BCUT2D eigenvalue weighted by Gasteiger charge is -2.09. The second-order valence-electron chi connectivity index (χ2n) is 5.45. The van der Waals surface area contributed by atoms with Crippen molar-refractivity contribution < 1.29 is 18.0 Å². The van der Waals surface area contributed by atoms with E-state index in [9.17, 15) is 18.0 Å². The van der Waals surface area contributed by atoms with E-state index in [1.807, 2.05) is 0 Å². The topological polar surface area (TPSA) is 72.7 Å². The molecule has 6 nitrogen and oxygen atoms in total. The van der Waals surface area contributed by atoms with Crippen molar-refractivity contribution in [3.63, 3.8) is 0 Å². The maximum atomic E-state index is 13.1. The number of carbonyl (C=O) groups excluding carboxylic acids is 1. The molecule has 0 fully saturated rings. The van der Waals surface area contributed by atoms with Crippen LogP contribution in [0.3, 0.4) is 0 Å². The monoisotopic (exact) mass is 373 g/mol. The molecule has 3 rings (SSSR count). The highest BCUT2D eigenvalue weighted by atomic mass is 19.3. The van der Waals surface area contributed by atoms with Gasteiger partial charge in [0.1, 0.15) is 11.5 Å². The molecule has 0 aliphatic carbocycles. The normalized spacial score (nSPS) is 10.8. The molecule has 0 saturated carbocycles. The molecule has 1 N–H and O–H groups in total. The lowest BCUT2D eigenvalue weighted by molar-refractivity contribution is -0.116. The van der Waals surface area contributed by atoms with Crippen molar-refractivity contribution >= 4 is 5.91 Å². The van der Waals surface area contributed by atoms with E-state index >= 15 is 0 Å². The third-order valence-electron chi connectivity index (χ3n) is 3.66. The third kappa shape index (κ3) is 4.20. The van der Waals surface area contributed by atoms with E-state index in [4.69, 9.17) is 0 Å². The Bertz CT molecular complexity index is 969. The summed E-state index contributed by atoms with van der Waals surface area (Å²) < 4.78 is 39.3. The number of halogens is 3. The average Bonchev–Trinajstić information content (AvgIpc) is 3.17. The number of nitrogens with zero attached hydrogens (tertiary/aromatic N) is 4. The zero-order chi connectivity index (χ0) is 19.4. The number of alkyl halides is 2. The van der Waals surface area contributed by atoms with E-state index in [2.05, 4.69) is 27.0 Å². The number of hydrogen-bond acceptors (Lipinski definition) is 4. The molecule has 0 atom stereocenters. The first-order valence-electron chi connectivity index (χ1n) is 7.83. The van der Waals surface area contributed by atoms with Gasteiger partial charge in [0.25, 0.3) is 0 Å². The maximum absolute atomic E-state index is 13.1. The summed E-state index contributed by atoms with van der Waals surface area (Å²) in [5.41, 5.74) is 1.51. The van der Waals surface area contributed by atoms with E-state index < -0.39 is 18.3 Å². The van der Waals surface area contributed by atoms with Crippen LogP contribution in [0.1, 0.15) is 12.1 Å². The minimum absolute atomic E-state index is 0.0609. The smallest absolute Gasteiger partial charge is 0.333 e. The van der Waals surface area contributed by atoms with E-state index in [0.29, 0.717) is 15.8 Å². The summed E-state index contributed by atoms with van der Waals surface area (Å²) in [5.74, 6) is -0.532. The lowest BCUT2D eigenvalue weighted by Crippen LogP contribution is -2.21. The minimum Gasteiger partial charge on any atom is -0.348 e. The van der Waals surface area contributed by atoms with Crippen LogP contribution in [0.2, 0.25) is 0 Å². The third-order valence-corrected chi connectivity index (χ3v) is 3.66. The second kappa shape index (κ2) is 7.81. The number of amides is 1. The van der Waals surface area contributed by atoms with Crippen LogP contribution in [0, 0.1) is 5.82 Å². The summed E-state index contributed by atoms with van der Waals surface area (Å²) in [6.07, 6.45) is 3.70. The van der Waals surface area contributed by atoms with Crippen molar-refractivity contribution in [3.8, 4) is 22.8 Å². The largest absolute Gasteiger partial charge is 0.348 e. The molecular weight excluding hydrogens is 359 g/mol. The first-order chi connectivity index (χ1) is 13.0. The van der Waals surface area contributed by atoms with Gasteiger partial charge in [-0.05, 0) is 36.4 Å². The molecule has 0 bridgehead atoms. The molecule has 0 aliphatic heterocycles. The molecule has 3 aromatic rings. The fourth-order valence-corrected chi connectivity index (χ4v) is 2.32. The molecule has 1 aromatic carbocycles. The van der Waals surface area contributed by atoms with Gasteiger partial charge >= 0.3 is 6.55 Å². The molecule has 2 aromatic heterocycles. The number of aromatic nitrogens is 4. The number of benzene rings is 1. The fraction of sp³-hybridized carbons (Fsp3) is 0.111. The van der Waals surface area contributed by atoms with Crippen LogP contribution in [0.25, 0.3) is 22.8 Å². The molecule has 0 spiro atoms. The summed E-state index contributed by atoms with van der Waals surface area (Å²) in [4.78, 5) is 20.0. The summed E-state index contributed by atoms with van der Waals surface area (Å²) in [6, 6.07) is 6.93. The Kier molecular flexibility index (Phi) is 5.30. The van der Waals surface area contributed by atoms with Crippen molar-refractivity contribution in [3.05, 3.63) is 66.8 Å². The Hall–Kier alpha value is -3.49. The van der Waals surface area contributed by atoms with Crippen LogP contribution < -0.4 is 5.32 Å². The fourth-order valence-electron chi connectivity index (χ4n) is 2.32.